The van der Waals surface area contributed by atoms with Crippen molar-refractivity contribution in [1.82, 2.24) is 30.7 Å². The molecule has 496 valence electrons. The normalized spacial score (nSPS) is 26.3. The number of aliphatic hydroxyl groups excluding tert-OH is 2. The molecule has 2 bridgehead atoms. The number of aliphatic hydroxyl groups is 3. The van der Waals surface area contributed by atoms with Crippen molar-refractivity contribution in [3.63, 3.8) is 0 Å². The van der Waals surface area contributed by atoms with E-state index in [1.807, 2.05) is 6.92 Å². The lowest BCUT2D eigenvalue weighted by Crippen LogP contribution is -2.54. The van der Waals surface area contributed by atoms with Gasteiger partial charge in [-0.15, -0.1) is 0 Å². The Bertz CT molecular complexity index is 2840. The number of nitrogens with zero attached hydrogens (tertiary/aromatic N) is 3. The summed E-state index contributed by atoms with van der Waals surface area (Å²) in [4.78, 5) is 133. The number of imide groups is 1. The number of benzene rings is 1. The summed E-state index contributed by atoms with van der Waals surface area (Å²) in [6, 6.07) is 2.79. The van der Waals surface area contributed by atoms with Crippen LogP contribution in [0.2, 0.25) is 0 Å². The second-order valence-electron chi connectivity index (χ2n) is 24.9. The quantitative estimate of drug-likeness (QED) is 0.0108. The zero-order chi connectivity index (χ0) is 66.0. The Morgan fingerprint density at radius 3 is 2.22 bits per heavy atom. The van der Waals surface area contributed by atoms with Crippen molar-refractivity contribution < 1.29 is 86.9 Å². The summed E-state index contributed by atoms with van der Waals surface area (Å²) in [5.41, 5.74) is 4.04. The van der Waals surface area contributed by atoms with E-state index in [-0.39, 0.29) is 107 Å². The first-order valence-electron chi connectivity index (χ1n) is 31.2. The molecule has 5 heterocycles. The number of amides is 9. The molecule has 0 aliphatic carbocycles. The molecule has 3 fully saturated rings. The minimum atomic E-state index is -1.50. The van der Waals surface area contributed by atoms with Gasteiger partial charge in [0.25, 0.3) is 11.8 Å². The number of nitrogens with one attached hydrogen (secondary N) is 4. The van der Waals surface area contributed by atoms with Crippen LogP contribution < -0.4 is 27.0 Å². The van der Waals surface area contributed by atoms with Gasteiger partial charge in [0, 0.05) is 76.1 Å². The number of hydrogen-bond donors (Lipinski definition) is 8. The summed E-state index contributed by atoms with van der Waals surface area (Å²) in [5.74, 6) is -4.53. The van der Waals surface area contributed by atoms with Gasteiger partial charge in [0.1, 0.15) is 30.4 Å². The number of hydrogen-bond acceptors (Lipinski definition) is 18. The van der Waals surface area contributed by atoms with E-state index in [1.54, 1.807) is 101 Å². The molecule has 6 rings (SSSR count). The summed E-state index contributed by atoms with van der Waals surface area (Å²) in [5, 5.41) is 43.0. The monoisotopic (exact) mass is 1260 g/mol. The Balaban J connectivity index is 1.02. The number of carbonyl (C=O) groups excluding carboxylic acids is 10. The lowest BCUT2D eigenvalue weighted by molar-refractivity contribution is -0.168. The van der Waals surface area contributed by atoms with Gasteiger partial charge in [-0.2, -0.15) is 0 Å². The third-order valence-electron chi connectivity index (χ3n) is 16.8. The number of cyclic esters (lactones) is 1. The van der Waals surface area contributed by atoms with Crippen molar-refractivity contribution in [3.05, 3.63) is 77.9 Å². The average Bonchev–Trinajstić information content (AvgIpc) is 1.62. The van der Waals surface area contributed by atoms with E-state index in [0.717, 1.165) is 4.90 Å². The summed E-state index contributed by atoms with van der Waals surface area (Å²) in [7, 11) is 0. The molecular weight excluding hydrogens is 1170 g/mol. The lowest BCUT2D eigenvalue weighted by atomic mass is 9.88. The third kappa shape index (κ3) is 21.5. The smallest absolute Gasteiger partial charge is 0.410 e. The first-order chi connectivity index (χ1) is 42.5. The molecule has 5 aliphatic rings. The molecule has 13 atom stereocenters. The van der Waals surface area contributed by atoms with Crippen LogP contribution in [0.1, 0.15) is 144 Å². The number of fused-ring (bicyclic) bond motifs is 2. The largest absolute Gasteiger partial charge is 0.457 e. The number of carbonyl (C=O) groups is 10. The van der Waals surface area contributed by atoms with Crippen LogP contribution in [0.5, 0.6) is 0 Å². The van der Waals surface area contributed by atoms with Crippen molar-refractivity contribution in [1.29, 1.82) is 0 Å². The van der Waals surface area contributed by atoms with Gasteiger partial charge in [-0.3, -0.25) is 38.5 Å². The van der Waals surface area contributed by atoms with Crippen LogP contribution in [0, 0.1) is 11.8 Å². The van der Waals surface area contributed by atoms with E-state index >= 15 is 0 Å². The van der Waals surface area contributed by atoms with Crippen molar-refractivity contribution in [2.24, 2.45) is 17.6 Å². The molecule has 26 heteroatoms. The number of piperazine rings is 1. The first kappa shape index (κ1) is 71.4. The summed E-state index contributed by atoms with van der Waals surface area (Å²) in [6.07, 6.45) is 8.80. The van der Waals surface area contributed by atoms with Crippen LogP contribution in [0.4, 0.5) is 20.1 Å². The summed E-state index contributed by atoms with van der Waals surface area (Å²) < 4.78 is 29.4. The number of nitrogens with two attached hydrogens (primary N) is 1. The van der Waals surface area contributed by atoms with Gasteiger partial charge < -0.3 is 75.8 Å². The minimum Gasteiger partial charge on any atom is -0.457 e. The Kier molecular flexibility index (Phi) is 26.1. The van der Waals surface area contributed by atoms with E-state index in [0.29, 0.717) is 61.8 Å². The second kappa shape index (κ2) is 32.9. The zero-order valence-corrected chi connectivity index (χ0v) is 52.9. The Hall–Kier alpha value is -7.68. The minimum absolute atomic E-state index is 0.00176. The molecule has 1 aromatic rings. The zero-order valence-electron chi connectivity index (χ0n) is 52.9. The molecule has 26 nitrogen and oxygen atoms in total. The van der Waals surface area contributed by atoms with Crippen LogP contribution in [0.15, 0.2) is 72.4 Å². The van der Waals surface area contributed by atoms with Crippen molar-refractivity contribution in [2.75, 3.05) is 31.5 Å². The molecule has 0 aromatic heterocycles. The van der Waals surface area contributed by atoms with Gasteiger partial charge in [-0.05, 0) is 107 Å². The highest BCUT2D eigenvalue weighted by Crippen LogP contribution is 2.37. The molecular formula is C64H92N8O18. The molecule has 9 N–H and O–H groups in total. The molecule has 0 spiro atoms. The predicted molar refractivity (Wildman–Crippen MR) is 327 cm³/mol. The summed E-state index contributed by atoms with van der Waals surface area (Å²) >= 11 is 0. The number of urea groups is 1. The third-order valence-corrected chi connectivity index (χ3v) is 16.8. The fourth-order valence-electron chi connectivity index (χ4n) is 11.5. The van der Waals surface area contributed by atoms with Gasteiger partial charge >= 0.3 is 30.2 Å². The molecule has 0 saturated carbocycles. The maximum absolute atomic E-state index is 14.2. The Labute approximate surface area is 525 Å². The standard InChI is InChI=1S/C64H92N8O18/c1-9-46(74)32-49-50(87-49)34-63(7,85)27-13-15-39(4)57-40(5)18-23-51(64(8,90-41(6)73)28-26-47(75)33-55(79)89-57)88-62(84)72-36-44-31-45(72)35-71(44)61(83)86-37-42-19-21-43(22-20-42)67-58(80)48(16-14-29-66-60(65)82)68-59(81)56(38(2)3)69-52(76)17-11-10-12-30-70-53(77)24-25-54(70)78/h13,15,18-25,27,38,40,44-51,56-57,74-75,85H,9-12,14,16-17,26,28-37H2,1-8H3,(H,67,80)(H,68,81)(H,69,76)(H3,65,66,82)/b23-18+,27-13+,39-15+/t40-,44+,45+,46-,47+,48-,49+,50+,51-,56-,57+,63-,64+/m0/s1. The number of allylic oxidation sites excluding steroid dienone is 2. The SMILES string of the molecule is CC[C@H](O)C[C@H]1O[C@@H]1C[C@@](C)(O)/C=C/C=C(\C)[C@H]1OC(=O)C[C@H](O)CC[C@@](C)(OC(C)=O)[C@@H](OC(=O)N2C[C@H]3C[C@@H]2CN3C(=O)OCc2ccc(NC(=O)[C@H](CCCNC(N)=O)NC(=O)[C@@H](NC(=O)CCCCCN3C(=O)C=CC3=O)C(C)C)cc2)/C=C/[C@@H]1C. The van der Waals surface area contributed by atoms with Crippen molar-refractivity contribution >= 4 is 65.4 Å². The molecule has 5 aliphatic heterocycles. The second-order valence-corrected chi connectivity index (χ2v) is 24.9. The molecule has 90 heavy (non-hydrogen) atoms. The van der Waals surface area contributed by atoms with E-state index in [9.17, 15) is 63.3 Å². The number of ether oxygens (including phenoxy) is 5. The molecule has 3 saturated heterocycles. The maximum atomic E-state index is 14.2. The number of anilines is 1. The average molecular weight is 1260 g/mol. The van der Waals surface area contributed by atoms with Crippen LogP contribution in [-0.4, -0.2) is 188 Å². The van der Waals surface area contributed by atoms with Crippen LogP contribution in [0.25, 0.3) is 0 Å². The number of unbranched alkanes of at least 4 members (excludes halogenated alkanes) is 2. The number of epoxide rings is 1. The van der Waals surface area contributed by atoms with Crippen molar-refractivity contribution in [3.8, 4) is 0 Å². The predicted octanol–water partition coefficient (Wildman–Crippen LogP) is 4.63. The highest BCUT2D eigenvalue weighted by Gasteiger charge is 2.50. The summed E-state index contributed by atoms with van der Waals surface area (Å²) in [6.45, 7) is 13.9. The van der Waals surface area contributed by atoms with Gasteiger partial charge in [-0.1, -0.05) is 70.6 Å². The number of primary amides is 1. The Morgan fingerprint density at radius 2 is 1.59 bits per heavy atom. The fraction of sp³-hybridized carbons (Fsp3) is 0.625. The van der Waals surface area contributed by atoms with Gasteiger partial charge in [-0.25, -0.2) is 14.4 Å². The number of likely N-dealkylation sites (tertiary alicyclic amines) is 2. The number of rotatable bonds is 28. The maximum Gasteiger partial charge on any atom is 0.410 e. The van der Waals surface area contributed by atoms with Crippen LogP contribution in [0.3, 0.4) is 0 Å². The topological polar surface area (TPSA) is 365 Å². The van der Waals surface area contributed by atoms with Crippen LogP contribution >= 0.6 is 0 Å². The molecule has 0 unspecified atom stereocenters. The van der Waals surface area contributed by atoms with Gasteiger partial charge in [0.15, 0.2) is 6.10 Å². The van der Waals surface area contributed by atoms with E-state index < -0.39 is 108 Å². The molecule has 0 radical (unpaired) electrons. The highest BCUT2D eigenvalue weighted by molar-refractivity contribution is 6.12. The highest BCUT2D eigenvalue weighted by atomic mass is 16.6. The molecule has 9 amide bonds. The van der Waals surface area contributed by atoms with Crippen molar-refractivity contribution in [2.45, 2.75) is 217 Å². The van der Waals surface area contributed by atoms with E-state index in [2.05, 4.69) is 21.3 Å². The number of esters is 2. The van der Waals surface area contributed by atoms with Crippen LogP contribution in [-0.2, 0) is 63.9 Å². The van der Waals surface area contributed by atoms with E-state index in [1.165, 1.54) is 24.0 Å². The van der Waals surface area contributed by atoms with Gasteiger partial charge in [0.2, 0.25) is 17.7 Å². The first-order valence-corrected chi connectivity index (χ1v) is 31.2. The Morgan fingerprint density at radius 1 is 0.911 bits per heavy atom. The molecule has 1 aromatic carbocycles. The van der Waals surface area contributed by atoms with Gasteiger partial charge in [0.05, 0.1) is 48.5 Å². The lowest BCUT2D eigenvalue weighted by Gasteiger charge is -2.38. The van der Waals surface area contributed by atoms with E-state index in [4.69, 9.17) is 29.4 Å². The fourth-order valence-corrected chi connectivity index (χ4v) is 11.5.